The number of hydrogen-bond donors (Lipinski definition) is 1. The fourth-order valence-corrected chi connectivity index (χ4v) is 1.22. The van der Waals surface area contributed by atoms with Crippen molar-refractivity contribution in [2.75, 3.05) is 12.4 Å². The number of alkyl halides is 1. The van der Waals surface area contributed by atoms with Crippen LogP contribution in [0, 0.1) is 11.6 Å². The number of rotatable bonds is 4. The van der Waals surface area contributed by atoms with Crippen molar-refractivity contribution in [2.45, 2.75) is 6.42 Å². The highest BCUT2D eigenvalue weighted by Gasteiger charge is 2.07. The standard InChI is InChI=1S/C10H10ClF2NO/c11-6-9(15)14-5-4-7-2-1-3-8(12)10(7)13/h1-3H,4-6H2,(H,14,15). The zero-order valence-electron chi connectivity index (χ0n) is 7.90. The molecule has 0 aliphatic carbocycles. The van der Waals surface area contributed by atoms with Crippen LogP contribution >= 0.6 is 11.6 Å². The lowest BCUT2D eigenvalue weighted by atomic mass is 10.1. The number of carbonyl (C=O) groups excluding carboxylic acids is 1. The SMILES string of the molecule is O=C(CCl)NCCc1cccc(F)c1F. The lowest BCUT2D eigenvalue weighted by Crippen LogP contribution is -2.26. The van der Waals surface area contributed by atoms with E-state index in [0.29, 0.717) is 0 Å². The summed E-state index contributed by atoms with van der Waals surface area (Å²) in [7, 11) is 0. The molecule has 1 amide bonds. The molecular formula is C10H10ClF2NO. The third kappa shape index (κ3) is 3.47. The van der Waals surface area contributed by atoms with E-state index in [1.807, 2.05) is 0 Å². The molecule has 0 fully saturated rings. The van der Waals surface area contributed by atoms with Gasteiger partial charge in [0.2, 0.25) is 5.91 Å². The Hall–Kier alpha value is -1.16. The fourth-order valence-electron chi connectivity index (χ4n) is 1.13. The summed E-state index contributed by atoms with van der Waals surface area (Å²) in [6, 6.07) is 3.96. The van der Waals surface area contributed by atoms with Crippen LogP contribution in [0.15, 0.2) is 18.2 Å². The highest BCUT2D eigenvalue weighted by molar-refractivity contribution is 6.27. The molecule has 0 spiro atoms. The monoisotopic (exact) mass is 233 g/mol. The molecule has 82 valence electrons. The van der Waals surface area contributed by atoms with Crippen molar-refractivity contribution in [1.29, 1.82) is 0 Å². The summed E-state index contributed by atoms with van der Waals surface area (Å²) in [6.45, 7) is 0.242. The van der Waals surface area contributed by atoms with Gasteiger partial charge in [0.1, 0.15) is 5.88 Å². The second-order valence-corrected chi connectivity index (χ2v) is 3.21. The van der Waals surface area contributed by atoms with E-state index in [2.05, 4.69) is 5.32 Å². The van der Waals surface area contributed by atoms with Gasteiger partial charge < -0.3 is 5.32 Å². The minimum absolute atomic E-state index is 0.133. The molecule has 0 heterocycles. The van der Waals surface area contributed by atoms with Gasteiger partial charge >= 0.3 is 0 Å². The van der Waals surface area contributed by atoms with Crippen LogP contribution in [-0.4, -0.2) is 18.3 Å². The smallest absolute Gasteiger partial charge is 0.234 e. The molecule has 0 aliphatic heterocycles. The largest absolute Gasteiger partial charge is 0.355 e. The highest BCUT2D eigenvalue weighted by Crippen LogP contribution is 2.11. The van der Waals surface area contributed by atoms with Gasteiger partial charge in [-0.05, 0) is 18.1 Å². The Morgan fingerprint density at radius 1 is 1.40 bits per heavy atom. The Balaban J connectivity index is 2.51. The summed E-state index contributed by atoms with van der Waals surface area (Å²) in [5.41, 5.74) is 0.241. The van der Waals surface area contributed by atoms with Crippen molar-refractivity contribution in [3.05, 3.63) is 35.4 Å². The average molecular weight is 234 g/mol. The van der Waals surface area contributed by atoms with E-state index in [0.717, 1.165) is 6.07 Å². The Labute approximate surface area is 91.2 Å². The number of hydrogen-bond acceptors (Lipinski definition) is 1. The third-order valence-electron chi connectivity index (χ3n) is 1.87. The molecule has 0 saturated carbocycles. The molecule has 5 heteroatoms. The van der Waals surface area contributed by atoms with Crippen LogP contribution in [0.5, 0.6) is 0 Å². The first-order chi connectivity index (χ1) is 7.15. The summed E-state index contributed by atoms with van der Waals surface area (Å²) in [4.78, 5) is 10.7. The fraction of sp³-hybridized carbons (Fsp3) is 0.300. The molecule has 1 N–H and O–H groups in total. The van der Waals surface area contributed by atoms with Crippen LogP contribution in [0.2, 0.25) is 0 Å². The summed E-state index contributed by atoms with van der Waals surface area (Å²) in [5.74, 6) is -2.20. The van der Waals surface area contributed by atoms with Gasteiger partial charge in [-0.3, -0.25) is 4.79 Å². The maximum atomic E-state index is 13.1. The molecule has 0 radical (unpaired) electrons. The molecule has 1 aromatic rings. The van der Waals surface area contributed by atoms with E-state index < -0.39 is 11.6 Å². The lowest BCUT2D eigenvalue weighted by Gasteiger charge is -2.04. The quantitative estimate of drug-likeness (QED) is 0.791. The van der Waals surface area contributed by atoms with Gasteiger partial charge in [0.15, 0.2) is 11.6 Å². The topological polar surface area (TPSA) is 29.1 Å². The summed E-state index contributed by atoms with van der Waals surface area (Å²) in [5, 5.41) is 2.47. The predicted octanol–water partition coefficient (Wildman–Crippen LogP) is 1.86. The molecule has 0 atom stereocenters. The first-order valence-corrected chi connectivity index (χ1v) is 4.94. The average Bonchev–Trinajstić information content (AvgIpc) is 2.24. The highest BCUT2D eigenvalue weighted by atomic mass is 35.5. The number of benzene rings is 1. The third-order valence-corrected chi connectivity index (χ3v) is 2.11. The molecule has 1 aromatic carbocycles. The van der Waals surface area contributed by atoms with E-state index >= 15 is 0 Å². The van der Waals surface area contributed by atoms with Crippen molar-refractivity contribution in [3.8, 4) is 0 Å². The van der Waals surface area contributed by atoms with Crippen LogP contribution in [0.1, 0.15) is 5.56 Å². The zero-order valence-corrected chi connectivity index (χ0v) is 8.65. The molecule has 0 aliphatic rings. The summed E-state index contributed by atoms with van der Waals surface area (Å²) in [6.07, 6.45) is 0.242. The molecule has 0 aromatic heterocycles. The van der Waals surface area contributed by atoms with Crippen molar-refractivity contribution in [2.24, 2.45) is 0 Å². The van der Waals surface area contributed by atoms with Gasteiger partial charge in [-0.2, -0.15) is 0 Å². The minimum atomic E-state index is -0.879. The van der Waals surface area contributed by atoms with Gasteiger partial charge in [0.25, 0.3) is 0 Å². The van der Waals surface area contributed by atoms with Gasteiger partial charge in [0.05, 0.1) is 0 Å². The van der Waals surface area contributed by atoms with E-state index in [1.54, 1.807) is 0 Å². The Morgan fingerprint density at radius 3 is 2.80 bits per heavy atom. The molecule has 15 heavy (non-hydrogen) atoms. The number of nitrogens with one attached hydrogen (secondary N) is 1. The molecule has 0 saturated heterocycles. The van der Waals surface area contributed by atoms with Crippen LogP contribution in [0.25, 0.3) is 0 Å². The summed E-state index contributed by atoms with van der Waals surface area (Å²) >= 11 is 5.24. The van der Waals surface area contributed by atoms with Crippen LogP contribution < -0.4 is 5.32 Å². The Kier molecular flexibility index (Phi) is 4.49. The Bertz CT molecular complexity index is 357. The van der Waals surface area contributed by atoms with Gasteiger partial charge in [-0.25, -0.2) is 8.78 Å². The van der Waals surface area contributed by atoms with E-state index in [1.165, 1.54) is 12.1 Å². The predicted molar refractivity (Wildman–Crippen MR) is 53.8 cm³/mol. The normalized spacial score (nSPS) is 10.1. The second kappa shape index (κ2) is 5.66. The minimum Gasteiger partial charge on any atom is -0.355 e. The molecule has 0 bridgehead atoms. The Morgan fingerprint density at radius 2 is 2.13 bits per heavy atom. The van der Waals surface area contributed by atoms with Crippen LogP contribution in [0.4, 0.5) is 8.78 Å². The van der Waals surface area contributed by atoms with Crippen molar-refractivity contribution < 1.29 is 13.6 Å². The maximum Gasteiger partial charge on any atom is 0.234 e. The van der Waals surface area contributed by atoms with Crippen molar-refractivity contribution in [1.82, 2.24) is 5.32 Å². The second-order valence-electron chi connectivity index (χ2n) is 2.95. The molecule has 2 nitrogen and oxygen atoms in total. The van der Waals surface area contributed by atoms with E-state index in [9.17, 15) is 13.6 Å². The van der Waals surface area contributed by atoms with Gasteiger partial charge in [0, 0.05) is 6.54 Å². The number of carbonyl (C=O) groups is 1. The number of amides is 1. The molecule has 0 unspecified atom stereocenters. The lowest BCUT2D eigenvalue weighted by molar-refractivity contribution is -0.118. The maximum absolute atomic E-state index is 13.1. The first kappa shape index (κ1) is 11.9. The summed E-state index contributed by atoms with van der Waals surface area (Å²) < 4.78 is 25.8. The molecule has 1 rings (SSSR count). The molecular weight excluding hydrogens is 224 g/mol. The van der Waals surface area contributed by atoms with Gasteiger partial charge in [-0.15, -0.1) is 11.6 Å². The number of halogens is 3. The van der Waals surface area contributed by atoms with Gasteiger partial charge in [-0.1, -0.05) is 12.1 Å². The van der Waals surface area contributed by atoms with E-state index in [-0.39, 0.29) is 30.3 Å². The van der Waals surface area contributed by atoms with Crippen molar-refractivity contribution >= 4 is 17.5 Å². The first-order valence-electron chi connectivity index (χ1n) is 4.40. The van der Waals surface area contributed by atoms with E-state index in [4.69, 9.17) is 11.6 Å². The van der Waals surface area contributed by atoms with Crippen LogP contribution in [0.3, 0.4) is 0 Å². The van der Waals surface area contributed by atoms with Crippen LogP contribution in [-0.2, 0) is 11.2 Å². The zero-order chi connectivity index (χ0) is 11.3. The van der Waals surface area contributed by atoms with Crippen molar-refractivity contribution in [3.63, 3.8) is 0 Å².